The number of Topliss-reactive ketones (excluding diaryl/α,β-unsaturated/α-hetero) is 1. The number of carbonyl (C=O) groups excluding carboxylic acids is 3. The van der Waals surface area contributed by atoms with E-state index in [1.165, 1.54) is 6.92 Å². The monoisotopic (exact) mass is 571 g/mol. The van der Waals surface area contributed by atoms with E-state index in [2.05, 4.69) is 28.3 Å². The molecule has 8 nitrogen and oxygen atoms in total. The SMILES string of the molecule is CC(=O)c1cn(CC(=O)N2[C@H](C(=O)N[C@H](C)C(F)=C(C)C)C[C@@]3(C)CC=C[C@@H]23)c2c(C)cc(-c3cnc(C)nc3)cc12. The summed E-state index contributed by atoms with van der Waals surface area (Å²) in [5.74, 6) is -0.410. The van der Waals surface area contributed by atoms with Gasteiger partial charge in [-0.1, -0.05) is 19.1 Å². The predicted octanol–water partition coefficient (Wildman–Crippen LogP) is 5.62. The minimum Gasteiger partial charge on any atom is -0.345 e. The maximum absolute atomic E-state index is 14.6. The van der Waals surface area contributed by atoms with Gasteiger partial charge in [-0.25, -0.2) is 14.4 Å². The molecule has 2 aromatic heterocycles. The number of halogens is 1. The summed E-state index contributed by atoms with van der Waals surface area (Å²) in [5.41, 5.74) is 4.14. The molecule has 1 aromatic carbocycles. The van der Waals surface area contributed by atoms with Crippen LogP contribution in [0.15, 0.2) is 54.3 Å². The van der Waals surface area contributed by atoms with Crippen LogP contribution in [-0.2, 0) is 16.1 Å². The fraction of sp³-hybridized carbons (Fsp3) is 0.424. The molecule has 1 N–H and O–H groups in total. The maximum Gasteiger partial charge on any atom is 0.243 e. The van der Waals surface area contributed by atoms with Gasteiger partial charge in [-0.15, -0.1) is 0 Å². The topological polar surface area (TPSA) is 97.2 Å². The molecule has 1 aliphatic heterocycles. The second-order valence-corrected chi connectivity index (χ2v) is 12.3. The minimum absolute atomic E-state index is 0.0420. The Morgan fingerprint density at radius 2 is 1.81 bits per heavy atom. The highest BCUT2D eigenvalue weighted by atomic mass is 19.1. The quantitative estimate of drug-likeness (QED) is 0.293. The number of ketones is 1. The van der Waals surface area contributed by atoms with Crippen LogP contribution in [-0.4, -0.2) is 55.2 Å². The molecule has 9 heteroatoms. The fourth-order valence-electron chi connectivity index (χ4n) is 6.54. The molecular weight excluding hydrogens is 533 g/mol. The van der Waals surface area contributed by atoms with Crippen LogP contribution in [0.4, 0.5) is 4.39 Å². The maximum atomic E-state index is 14.6. The van der Waals surface area contributed by atoms with Crippen molar-refractivity contribution >= 4 is 28.5 Å². The van der Waals surface area contributed by atoms with Crippen LogP contribution >= 0.6 is 0 Å². The van der Waals surface area contributed by atoms with Gasteiger partial charge in [0.05, 0.1) is 17.6 Å². The molecule has 3 aromatic rings. The normalized spacial score (nSPS) is 21.9. The number of aryl methyl sites for hydroxylation is 2. The van der Waals surface area contributed by atoms with Crippen molar-refractivity contribution in [2.24, 2.45) is 5.41 Å². The van der Waals surface area contributed by atoms with Gasteiger partial charge in [0.25, 0.3) is 0 Å². The van der Waals surface area contributed by atoms with Crippen LogP contribution in [0.25, 0.3) is 22.0 Å². The number of nitrogens with one attached hydrogen (secondary N) is 1. The molecule has 0 radical (unpaired) electrons. The standard InChI is InChI=1S/C33H38FN5O3/c1-18(2)30(34)20(4)37-32(42)27-13-33(7)10-8-9-28(33)39(27)29(41)17-38-16-26(21(5)40)25-12-23(11-19(3)31(25)38)24-14-35-22(6)36-15-24/h8-9,11-12,14-16,20,27-28H,10,13,17H2,1-7H3,(H,37,42)/t20-,27+,28-,33-/m1/s1. The molecule has 0 spiro atoms. The van der Waals surface area contributed by atoms with E-state index in [1.807, 2.05) is 36.6 Å². The lowest BCUT2D eigenvalue weighted by Crippen LogP contribution is -2.51. The Balaban J connectivity index is 1.50. The Morgan fingerprint density at radius 1 is 1.12 bits per heavy atom. The number of allylic oxidation sites excluding steroid dienone is 2. The third-order valence-electron chi connectivity index (χ3n) is 8.68. The Labute approximate surface area is 245 Å². The molecule has 2 aliphatic rings. The number of aromatic nitrogens is 3. The van der Waals surface area contributed by atoms with Crippen molar-refractivity contribution in [3.8, 4) is 11.1 Å². The van der Waals surface area contributed by atoms with Crippen LogP contribution in [0.2, 0.25) is 0 Å². The van der Waals surface area contributed by atoms with Gasteiger partial charge in [0.15, 0.2) is 5.78 Å². The first kappa shape index (κ1) is 29.4. The van der Waals surface area contributed by atoms with E-state index in [4.69, 9.17) is 0 Å². The molecule has 2 amide bonds. The third kappa shape index (κ3) is 5.16. The molecule has 42 heavy (non-hydrogen) atoms. The highest BCUT2D eigenvalue weighted by Gasteiger charge is 2.53. The fourth-order valence-corrected chi connectivity index (χ4v) is 6.54. The van der Waals surface area contributed by atoms with Crippen LogP contribution in [0.1, 0.15) is 69.2 Å². The van der Waals surface area contributed by atoms with E-state index in [0.717, 1.165) is 34.0 Å². The largest absolute Gasteiger partial charge is 0.345 e. The summed E-state index contributed by atoms with van der Waals surface area (Å²) in [6.07, 6.45) is 10.5. The van der Waals surface area contributed by atoms with E-state index in [-0.39, 0.29) is 41.4 Å². The van der Waals surface area contributed by atoms with E-state index in [0.29, 0.717) is 23.4 Å². The number of nitrogens with zero attached hydrogens (tertiary/aromatic N) is 4. The Bertz CT molecular complexity index is 1650. The first-order valence-electron chi connectivity index (χ1n) is 14.3. The van der Waals surface area contributed by atoms with Crippen molar-refractivity contribution in [2.75, 3.05) is 0 Å². The van der Waals surface area contributed by atoms with Crippen LogP contribution in [0, 0.1) is 19.3 Å². The molecule has 1 saturated heterocycles. The summed E-state index contributed by atoms with van der Waals surface area (Å²) in [6, 6.07) is 2.19. The molecule has 5 rings (SSSR count). The zero-order chi connectivity index (χ0) is 30.5. The van der Waals surface area contributed by atoms with Crippen molar-refractivity contribution in [1.82, 2.24) is 24.8 Å². The van der Waals surface area contributed by atoms with Gasteiger partial charge in [0.1, 0.15) is 24.2 Å². The molecule has 4 atom stereocenters. The van der Waals surface area contributed by atoms with Gasteiger partial charge in [0.2, 0.25) is 11.8 Å². The molecule has 3 heterocycles. The molecule has 220 valence electrons. The van der Waals surface area contributed by atoms with Gasteiger partial charge in [-0.05, 0) is 88.6 Å². The van der Waals surface area contributed by atoms with E-state index >= 15 is 0 Å². The van der Waals surface area contributed by atoms with E-state index in [1.54, 1.807) is 44.3 Å². The second-order valence-electron chi connectivity index (χ2n) is 12.3. The lowest BCUT2D eigenvalue weighted by molar-refractivity contribution is -0.140. The average molecular weight is 572 g/mol. The van der Waals surface area contributed by atoms with Crippen molar-refractivity contribution < 1.29 is 18.8 Å². The second kappa shape index (κ2) is 10.9. The summed E-state index contributed by atoms with van der Waals surface area (Å²) < 4.78 is 16.4. The highest BCUT2D eigenvalue weighted by Crippen LogP contribution is 2.48. The van der Waals surface area contributed by atoms with Crippen LogP contribution < -0.4 is 5.32 Å². The summed E-state index contributed by atoms with van der Waals surface area (Å²) >= 11 is 0. The van der Waals surface area contributed by atoms with Gasteiger partial charge in [-0.3, -0.25) is 14.4 Å². The van der Waals surface area contributed by atoms with Gasteiger partial charge in [0, 0.05) is 35.1 Å². The zero-order valence-electron chi connectivity index (χ0n) is 25.3. The van der Waals surface area contributed by atoms with Crippen molar-refractivity contribution in [2.45, 2.75) is 86.0 Å². The minimum atomic E-state index is -0.787. The number of carbonyl (C=O) groups is 3. The smallest absolute Gasteiger partial charge is 0.243 e. The van der Waals surface area contributed by atoms with E-state index < -0.39 is 12.1 Å². The van der Waals surface area contributed by atoms with Crippen LogP contribution in [0.5, 0.6) is 0 Å². The highest BCUT2D eigenvalue weighted by molar-refractivity contribution is 6.09. The summed E-state index contributed by atoms with van der Waals surface area (Å²) in [5, 5.41) is 3.54. The molecule has 0 unspecified atom stereocenters. The molecule has 1 fully saturated rings. The number of fused-ring (bicyclic) bond motifs is 2. The lowest BCUT2D eigenvalue weighted by Gasteiger charge is -2.31. The number of rotatable bonds is 7. The Hall–Kier alpha value is -4.14. The zero-order valence-corrected chi connectivity index (χ0v) is 25.3. The Kier molecular flexibility index (Phi) is 7.64. The molecular formula is C33H38FN5O3. The van der Waals surface area contributed by atoms with Crippen molar-refractivity contribution in [3.05, 3.63) is 71.2 Å². The molecule has 0 bridgehead atoms. The summed E-state index contributed by atoms with van der Waals surface area (Å²) in [7, 11) is 0. The third-order valence-corrected chi connectivity index (χ3v) is 8.68. The van der Waals surface area contributed by atoms with Crippen molar-refractivity contribution in [1.29, 1.82) is 0 Å². The Morgan fingerprint density at radius 3 is 2.45 bits per heavy atom. The molecule has 1 aliphatic carbocycles. The van der Waals surface area contributed by atoms with Crippen molar-refractivity contribution in [3.63, 3.8) is 0 Å². The predicted molar refractivity (Wildman–Crippen MR) is 160 cm³/mol. The van der Waals surface area contributed by atoms with Crippen LogP contribution in [0.3, 0.4) is 0 Å². The number of hydrogen-bond donors (Lipinski definition) is 1. The lowest BCUT2D eigenvalue weighted by atomic mass is 9.82. The van der Waals surface area contributed by atoms with Gasteiger partial charge in [-0.2, -0.15) is 0 Å². The number of hydrogen-bond acceptors (Lipinski definition) is 5. The molecule has 0 saturated carbocycles. The first-order chi connectivity index (χ1) is 19.8. The number of amides is 2. The van der Waals surface area contributed by atoms with E-state index in [9.17, 15) is 18.8 Å². The number of benzene rings is 1. The summed E-state index contributed by atoms with van der Waals surface area (Å²) in [6.45, 7) is 12.3. The number of likely N-dealkylation sites (tertiary alicyclic amines) is 1. The van der Waals surface area contributed by atoms with Gasteiger partial charge >= 0.3 is 0 Å². The first-order valence-corrected chi connectivity index (χ1v) is 14.3. The average Bonchev–Trinajstić information content (AvgIpc) is 3.57. The van der Waals surface area contributed by atoms with Gasteiger partial charge < -0.3 is 14.8 Å². The summed E-state index contributed by atoms with van der Waals surface area (Å²) in [4.78, 5) is 50.6.